The zero-order valence-electron chi connectivity index (χ0n) is 10.6. The fraction of sp³-hybridized carbons (Fsp3) is 0.167. The van der Waals surface area contributed by atoms with Crippen molar-refractivity contribution in [1.82, 2.24) is 9.97 Å². The SMILES string of the molecule is COc1ccc(Cl)c(Nc2cc(NN)nc(C)n2)c1. The first-order chi connectivity index (χ1) is 9.12. The number of anilines is 3. The monoisotopic (exact) mass is 279 g/mol. The van der Waals surface area contributed by atoms with Gasteiger partial charge in [0, 0.05) is 12.1 Å². The number of benzene rings is 1. The van der Waals surface area contributed by atoms with Crippen molar-refractivity contribution in [2.75, 3.05) is 17.9 Å². The number of nitrogens with two attached hydrogens (primary N) is 1. The highest BCUT2D eigenvalue weighted by atomic mass is 35.5. The number of hydrogen-bond acceptors (Lipinski definition) is 6. The molecule has 0 bridgehead atoms. The summed E-state index contributed by atoms with van der Waals surface area (Å²) in [5, 5.41) is 3.67. The van der Waals surface area contributed by atoms with Gasteiger partial charge in [-0.3, -0.25) is 0 Å². The quantitative estimate of drug-likeness (QED) is 0.589. The molecule has 0 spiro atoms. The van der Waals surface area contributed by atoms with Crippen molar-refractivity contribution < 1.29 is 4.74 Å². The van der Waals surface area contributed by atoms with Crippen LogP contribution in [0, 0.1) is 6.92 Å². The zero-order chi connectivity index (χ0) is 13.8. The third-order valence-electron chi connectivity index (χ3n) is 2.42. The third kappa shape index (κ3) is 3.24. The highest BCUT2D eigenvalue weighted by Gasteiger charge is 2.06. The lowest BCUT2D eigenvalue weighted by atomic mass is 10.3. The molecule has 0 aliphatic carbocycles. The minimum Gasteiger partial charge on any atom is -0.497 e. The molecule has 1 aromatic carbocycles. The van der Waals surface area contributed by atoms with Crippen LogP contribution in [0.15, 0.2) is 24.3 Å². The molecule has 0 saturated heterocycles. The van der Waals surface area contributed by atoms with Crippen LogP contribution in [0.3, 0.4) is 0 Å². The average Bonchev–Trinajstić information content (AvgIpc) is 2.40. The molecule has 0 radical (unpaired) electrons. The lowest BCUT2D eigenvalue weighted by molar-refractivity contribution is 0.415. The summed E-state index contributed by atoms with van der Waals surface area (Å²) in [7, 11) is 1.60. The second-order valence-electron chi connectivity index (χ2n) is 3.80. The maximum atomic E-state index is 6.11. The standard InChI is InChI=1S/C12H14ClN5O/c1-7-15-11(6-12(16-7)18-14)17-10-5-8(19-2)3-4-9(10)13/h3-6H,14H2,1-2H3,(H2,15,16,17,18). The number of nitrogen functional groups attached to an aromatic ring is 1. The van der Waals surface area contributed by atoms with Gasteiger partial charge in [-0.2, -0.15) is 0 Å². The van der Waals surface area contributed by atoms with Crippen LogP contribution in [-0.2, 0) is 0 Å². The van der Waals surface area contributed by atoms with Crippen molar-refractivity contribution in [3.05, 3.63) is 35.1 Å². The highest BCUT2D eigenvalue weighted by Crippen LogP contribution is 2.29. The summed E-state index contributed by atoms with van der Waals surface area (Å²) in [5.74, 6) is 7.76. The van der Waals surface area contributed by atoms with Gasteiger partial charge in [0.25, 0.3) is 0 Å². The van der Waals surface area contributed by atoms with E-state index in [4.69, 9.17) is 22.2 Å². The number of rotatable bonds is 4. The summed E-state index contributed by atoms with van der Waals surface area (Å²) in [6, 6.07) is 7.00. The van der Waals surface area contributed by atoms with E-state index in [-0.39, 0.29) is 0 Å². The molecular formula is C12H14ClN5O. The third-order valence-corrected chi connectivity index (χ3v) is 2.75. The average molecular weight is 280 g/mol. The molecule has 0 amide bonds. The molecule has 7 heteroatoms. The topological polar surface area (TPSA) is 85.1 Å². The summed E-state index contributed by atoms with van der Waals surface area (Å²) in [6.07, 6.45) is 0. The molecule has 2 rings (SSSR count). The fourth-order valence-electron chi connectivity index (χ4n) is 1.57. The van der Waals surface area contributed by atoms with Crippen LogP contribution >= 0.6 is 11.6 Å². The van der Waals surface area contributed by atoms with E-state index in [0.717, 1.165) is 0 Å². The second kappa shape index (κ2) is 5.73. The van der Waals surface area contributed by atoms with Gasteiger partial charge in [0.05, 0.1) is 17.8 Å². The van der Waals surface area contributed by atoms with Gasteiger partial charge >= 0.3 is 0 Å². The van der Waals surface area contributed by atoms with Crippen molar-refractivity contribution in [1.29, 1.82) is 0 Å². The van der Waals surface area contributed by atoms with E-state index >= 15 is 0 Å². The molecule has 1 aromatic heterocycles. The number of hydrazine groups is 1. The van der Waals surface area contributed by atoms with Gasteiger partial charge in [-0.1, -0.05) is 11.6 Å². The summed E-state index contributed by atoms with van der Waals surface area (Å²) >= 11 is 6.11. The molecule has 0 atom stereocenters. The Balaban J connectivity index is 2.32. The molecule has 6 nitrogen and oxygen atoms in total. The number of methoxy groups -OCH3 is 1. The van der Waals surface area contributed by atoms with Crippen LogP contribution in [-0.4, -0.2) is 17.1 Å². The Kier molecular flexibility index (Phi) is 4.03. The number of nitrogens with one attached hydrogen (secondary N) is 2. The van der Waals surface area contributed by atoms with E-state index in [1.54, 1.807) is 38.3 Å². The number of ether oxygens (including phenoxy) is 1. The number of aromatic nitrogens is 2. The summed E-state index contributed by atoms with van der Waals surface area (Å²) in [5.41, 5.74) is 3.18. The van der Waals surface area contributed by atoms with Gasteiger partial charge in [-0.05, 0) is 19.1 Å². The molecule has 0 aliphatic rings. The van der Waals surface area contributed by atoms with Crippen LogP contribution < -0.4 is 21.3 Å². The summed E-state index contributed by atoms with van der Waals surface area (Å²) in [4.78, 5) is 8.36. The molecular weight excluding hydrogens is 266 g/mol. The van der Waals surface area contributed by atoms with Gasteiger partial charge < -0.3 is 15.5 Å². The Morgan fingerprint density at radius 1 is 1.21 bits per heavy atom. The molecule has 100 valence electrons. The Morgan fingerprint density at radius 3 is 2.63 bits per heavy atom. The first-order valence-corrected chi connectivity index (χ1v) is 5.93. The van der Waals surface area contributed by atoms with Gasteiger partial charge in [0.1, 0.15) is 23.2 Å². The number of halogens is 1. The lowest BCUT2D eigenvalue weighted by Crippen LogP contribution is -2.10. The van der Waals surface area contributed by atoms with Crippen molar-refractivity contribution >= 4 is 28.9 Å². The molecule has 19 heavy (non-hydrogen) atoms. The van der Waals surface area contributed by atoms with Gasteiger partial charge in [-0.25, -0.2) is 15.8 Å². The molecule has 1 heterocycles. The number of hydrogen-bond donors (Lipinski definition) is 3. The normalized spacial score (nSPS) is 10.1. The second-order valence-corrected chi connectivity index (χ2v) is 4.21. The lowest BCUT2D eigenvalue weighted by Gasteiger charge is -2.11. The van der Waals surface area contributed by atoms with Gasteiger partial charge in [0.15, 0.2) is 0 Å². The Hall–Kier alpha value is -2.05. The van der Waals surface area contributed by atoms with Gasteiger partial charge in [0.2, 0.25) is 0 Å². The van der Waals surface area contributed by atoms with Crippen LogP contribution in [0.25, 0.3) is 0 Å². The molecule has 0 aliphatic heterocycles. The number of aryl methyl sites for hydroxylation is 1. The van der Waals surface area contributed by atoms with Crippen molar-refractivity contribution in [2.24, 2.45) is 5.84 Å². The smallest absolute Gasteiger partial charge is 0.145 e. The highest BCUT2D eigenvalue weighted by molar-refractivity contribution is 6.33. The van der Waals surface area contributed by atoms with E-state index in [1.807, 2.05) is 0 Å². The fourth-order valence-corrected chi connectivity index (χ4v) is 1.74. The predicted octanol–water partition coefficient (Wildman–Crippen LogP) is 2.48. The van der Waals surface area contributed by atoms with E-state index < -0.39 is 0 Å². The summed E-state index contributed by atoms with van der Waals surface area (Å²) < 4.78 is 5.15. The molecule has 2 aromatic rings. The summed E-state index contributed by atoms with van der Waals surface area (Å²) in [6.45, 7) is 1.78. The molecule has 4 N–H and O–H groups in total. The first-order valence-electron chi connectivity index (χ1n) is 5.55. The van der Waals surface area contributed by atoms with Crippen molar-refractivity contribution in [3.8, 4) is 5.75 Å². The maximum absolute atomic E-state index is 6.11. The minimum atomic E-state index is 0.522. The number of nitrogens with zero attached hydrogens (tertiary/aromatic N) is 2. The van der Waals surface area contributed by atoms with E-state index in [2.05, 4.69) is 20.7 Å². The Bertz CT molecular complexity index is 590. The van der Waals surface area contributed by atoms with E-state index in [1.165, 1.54) is 0 Å². The van der Waals surface area contributed by atoms with Crippen molar-refractivity contribution in [2.45, 2.75) is 6.92 Å². The predicted molar refractivity (Wildman–Crippen MR) is 75.9 cm³/mol. The van der Waals surface area contributed by atoms with Crippen molar-refractivity contribution in [3.63, 3.8) is 0 Å². The Morgan fingerprint density at radius 2 is 1.95 bits per heavy atom. The first kappa shape index (κ1) is 13.4. The maximum Gasteiger partial charge on any atom is 0.145 e. The van der Waals surface area contributed by atoms with Crippen LogP contribution in [0.4, 0.5) is 17.3 Å². The zero-order valence-corrected chi connectivity index (χ0v) is 11.3. The van der Waals surface area contributed by atoms with E-state index in [0.29, 0.717) is 33.9 Å². The van der Waals surface area contributed by atoms with E-state index in [9.17, 15) is 0 Å². The van der Waals surface area contributed by atoms with Crippen LogP contribution in [0.5, 0.6) is 5.75 Å². The van der Waals surface area contributed by atoms with Gasteiger partial charge in [-0.15, -0.1) is 0 Å². The Labute approximate surface area is 115 Å². The van der Waals surface area contributed by atoms with Crippen LogP contribution in [0.2, 0.25) is 5.02 Å². The molecule has 0 unspecified atom stereocenters. The molecule has 0 saturated carbocycles. The molecule has 0 fully saturated rings. The largest absolute Gasteiger partial charge is 0.497 e. The minimum absolute atomic E-state index is 0.522. The van der Waals surface area contributed by atoms with Crippen LogP contribution in [0.1, 0.15) is 5.82 Å².